The molecule has 0 aliphatic rings. The monoisotopic (exact) mass is 295 g/mol. The van der Waals surface area contributed by atoms with Gasteiger partial charge in [-0.05, 0) is 42.9 Å². The first kappa shape index (κ1) is 16.6. The lowest BCUT2D eigenvalue weighted by atomic mass is 10.2. The highest BCUT2D eigenvalue weighted by Crippen LogP contribution is 2.20. The molecule has 1 aromatic carbocycles. The van der Waals surface area contributed by atoms with Gasteiger partial charge in [-0.25, -0.2) is 0 Å². The van der Waals surface area contributed by atoms with Gasteiger partial charge in [0.05, 0.1) is 7.11 Å². The standard InChI is InChI=1S/C15H21NO3S/c1-16-15(18)12-7-9-13(10-8-12)20-11-5-3-4-6-14(17)19-2/h7-10H,3-6,11H2,1-2H3,(H,16,18). The number of benzene rings is 1. The number of esters is 1. The highest BCUT2D eigenvalue weighted by atomic mass is 32.2. The Kier molecular flexibility index (Phi) is 7.80. The largest absolute Gasteiger partial charge is 0.469 e. The Hall–Kier alpha value is -1.49. The fourth-order valence-corrected chi connectivity index (χ4v) is 2.60. The molecule has 0 spiro atoms. The van der Waals surface area contributed by atoms with Crippen LogP contribution in [0.15, 0.2) is 29.2 Å². The maximum Gasteiger partial charge on any atom is 0.305 e. The number of ether oxygens (including phenoxy) is 1. The molecule has 5 heteroatoms. The molecule has 0 saturated heterocycles. The van der Waals surface area contributed by atoms with Crippen molar-refractivity contribution in [2.24, 2.45) is 0 Å². The molecule has 0 radical (unpaired) electrons. The van der Waals surface area contributed by atoms with E-state index >= 15 is 0 Å². The van der Waals surface area contributed by atoms with Crippen LogP contribution >= 0.6 is 11.8 Å². The number of amides is 1. The molecular weight excluding hydrogens is 274 g/mol. The highest BCUT2D eigenvalue weighted by molar-refractivity contribution is 7.99. The third-order valence-corrected chi connectivity index (χ3v) is 3.96. The summed E-state index contributed by atoms with van der Waals surface area (Å²) in [5.74, 6) is 0.812. The van der Waals surface area contributed by atoms with Crippen molar-refractivity contribution in [1.29, 1.82) is 0 Å². The van der Waals surface area contributed by atoms with Crippen LogP contribution in [0.25, 0.3) is 0 Å². The van der Waals surface area contributed by atoms with Crippen LogP contribution in [-0.4, -0.2) is 31.8 Å². The Balaban J connectivity index is 2.19. The van der Waals surface area contributed by atoms with Gasteiger partial charge in [-0.1, -0.05) is 6.42 Å². The molecule has 110 valence electrons. The summed E-state index contributed by atoms with van der Waals surface area (Å²) in [4.78, 5) is 23.5. The Labute approximate surface area is 124 Å². The van der Waals surface area contributed by atoms with Gasteiger partial charge < -0.3 is 10.1 Å². The number of nitrogens with one attached hydrogen (secondary N) is 1. The first-order valence-electron chi connectivity index (χ1n) is 6.69. The van der Waals surface area contributed by atoms with Crippen molar-refractivity contribution in [3.8, 4) is 0 Å². The Morgan fingerprint density at radius 2 is 1.85 bits per heavy atom. The van der Waals surface area contributed by atoms with Crippen molar-refractivity contribution in [3.05, 3.63) is 29.8 Å². The van der Waals surface area contributed by atoms with E-state index in [0.29, 0.717) is 12.0 Å². The van der Waals surface area contributed by atoms with Gasteiger partial charge in [0.25, 0.3) is 5.91 Å². The van der Waals surface area contributed by atoms with Crippen molar-refractivity contribution in [2.45, 2.75) is 30.6 Å². The van der Waals surface area contributed by atoms with Crippen molar-refractivity contribution < 1.29 is 14.3 Å². The van der Waals surface area contributed by atoms with Crippen LogP contribution in [0.5, 0.6) is 0 Å². The van der Waals surface area contributed by atoms with Crippen LogP contribution in [0, 0.1) is 0 Å². The number of carbonyl (C=O) groups is 2. The average Bonchev–Trinajstić information content (AvgIpc) is 2.50. The number of hydrogen-bond donors (Lipinski definition) is 1. The first-order valence-corrected chi connectivity index (χ1v) is 7.67. The third-order valence-electron chi connectivity index (χ3n) is 2.87. The summed E-state index contributed by atoms with van der Waals surface area (Å²) < 4.78 is 4.59. The van der Waals surface area contributed by atoms with Crippen LogP contribution in [0.2, 0.25) is 0 Å². The summed E-state index contributed by atoms with van der Waals surface area (Å²) in [5, 5.41) is 2.60. The fourth-order valence-electron chi connectivity index (χ4n) is 1.69. The van der Waals surface area contributed by atoms with Gasteiger partial charge in [-0.3, -0.25) is 9.59 Å². The summed E-state index contributed by atoms with van der Waals surface area (Å²) in [6.45, 7) is 0. The summed E-state index contributed by atoms with van der Waals surface area (Å²) >= 11 is 1.77. The smallest absolute Gasteiger partial charge is 0.305 e. The normalized spacial score (nSPS) is 10.1. The first-order chi connectivity index (χ1) is 9.67. The zero-order valence-electron chi connectivity index (χ0n) is 12.0. The van der Waals surface area contributed by atoms with E-state index in [0.717, 1.165) is 29.9 Å². The van der Waals surface area contributed by atoms with Gasteiger partial charge >= 0.3 is 5.97 Å². The van der Waals surface area contributed by atoms with Crippen LogP contribution in [-0.2, 0) is 9.53 Å². The molecule has 1 amide bonds. The van der Waals surface area contributed by atoms with Gasteiger partial charge in [0, 0.05) is 23.9 Å². The number of unbranched alkanes of at least 4 members (excludes halogenated alkanes) is 2. The highest BCUT2D eigenvalue weighted by Gasteiger charge is 2.03. The van der Waals surface area contributed by atoms with Gasteiger partial charge in [0.2, 0.25) is 0 Å². The second-order valence-corrected chi connectivity index (χ2v) is 5.51. The second-order valence-electron chi connectivity index (χ2n) is 4.34. The Bertz CT molecular complexity index is 431. The SMILES string of the molecule is CNC(=O)c1ccc(SCCCCCC(=O)OC)cc1. The van der Waals surface area contributed by atoms with E-state index in [1.807, 2.05) is 24.3 Å². The molecule has 0 aliphatic carbocycles. The Morgan fingerprint density at radius 1 is 1.15 bits per heavy atom. The molecule has 1 aromatic rings. The van der Waals surface area contributed by atoms with E-state index in [-0.39, 0.29) is 11.9 Å². The minimum Gasteiger partial charge on any atom is -0.469 e. The lowest BCUT2D eigenvalue weighted by Gasteiger charge is -2.04. The van der Waals surface area contributed by atoms with Crippen LogP contribution < -0.4 is 5.32 Å². The number of methoxy groups -OCH3 is 1. The molecule has 0 unspecified atom stereocenters. The fraction of sp³-hybridized carbons (Fsp3) is 0.467. The van der Waals surface area contributed by atoms with Gasteiger partial charge in [0.15, 0.2) is 0 Å². The van der Waals surface area contributed by atoms with E-state index in [1.54, 1.807) is 18.8 Å². The average molecular weight is 295 g/mol. The molecule has 0 heterocycles. The maximum atomic E-state index is 11.4. The molecule has 4 nitrogen and oxygen atoms in total. The third kappa shape index (κ3) is 6.10. The van der Waals surface area contributed by atoms with Crippen molar-refractivity contribution in [2.75, 3.05) is 19.9 Å². The summed E-state index contributed by atoms with van der Waals surface area (Å²) in [5.41, 5.74) is 0.676. The molecule has 1 N–H and O–H groups in total. The van der Waals surface area contributed by atoms with Gasteiger partial charge in [-0.2, -0.15) is 0 Å². The zero-order chi connectivity index (χ0) is 14.8. The summed E-state index contributed by atoms with van der Waals surface area (Å²) in [7, 11) is 3.04. The van der Waals surface area contributed by atoms with E-state index in [1.165, 1.54) is 7.11 Å². The number of hydrogen-bond acceptors (Lipinski definition) is 4. The molecular formula is C15H21NO3S. The molecule has 0 aliphatic heterocycles. The van der Waals surface area contributed by atoms with E-state index in [4.69, 9.17) is 0 Å². The van der Waals surface area contributed by atoms with Gasteiger partial charge in [0.1, 0.15) is 0 Å². The van der Waals surface area contributed by atoms with Crippen LogP contribution in [0.4, 0.5) is 0 Å². The second kappa shape index (κ2) is 9.42. The lowest BCUT2D eigenvalue weighted by Crippen LogP contribution is -2.17. The van der Waals surface area contributed by atoms with Crippen LogP contribution in [0.3, 0.4) is 0 Å². The molecule has 0 atom stereocenters. The molecule has 0 saturated carbocycles. The quantitative estimate of drug-likeness (QED) is 0.455. The minimum atomic E-state index is -0.137. The molecule has 20 heavy (non-hydrogen) atoms. The van der Waals surface area contributed by atoms with Gasteiger partial charge in [-0.15, -0.1) is 11.8 Å². The van der Waals surface area contributed by atoms with E-state index < -0.39 is 0 Å². The lowest BCUT2D eigenvalue weighted by molar-refractivity contribution is -0.140. The summed E-state index contributed by atoms with van der Waals surface area (Å²) in [6, 6.07) is 7.59. The predicted octanol–water partition coefficient (Wildman–Crippen LogP) is 2.87. The Morgan fingerprint density at radius 3 is 2.45 bits per heavy atom. The molecule has 0 fully saturated rings. The van der Waals surface area contributed by atoms with Crippen molar-refractivity contribution in [3.63, 3.8) is 0 Å². The topological polar surface area (TPSA) is 55.4 Å². The van der Waals surface area contributed by atoms with Crippen molar-refractivity contribution >= 4 is 23.6 Å². The predicted molar refractivity (Wildman–Crippen MR) is 81.0 cm³/mol. The number of carbonyl (C=O) groups excluding carboxylic acids is 2. The molecule has 0 aromatic heterocycles. The van der Waals surface area contributed by atoms with Crippen LogP contribution in [0.1, 0.15) is 36.0 Å². The van der Waals surface area contributed by atoms with Crippen molar-refractivity contribution in [1.82, 2.24) is 5.32 Å². The maximum absolute atomic E-state index is 11.4. The molecule has 0 bridgehead atoms. The minimum absolute atomic E-state index is 0.0654. The summed E-state index contributed by atoms with van der Waals surface area (Å²) in [6.07, 6.45) is 3.47. The number of rotatable bonds is 8. The van der Waals surface area contributed by atoms with E-state index in [2.05, 4.69) is 10.1 Å². The van der Waals surface area contributed by atoms with E-state index in [9.17, 15) is 9.59 Å². The zero-order valence-corrected chi connectivity index (χ0v) is 12.8. The number of thioether (sulfide) groups is 1. The molecule has 1 rings (SSSR count).